The van der Waals surface area contributed by atoms with E-state index >= 15 is 0 Å². The molecule has 1 heterocycles. The molecule has 1 fully saturated rings. The smallest absolute Gasteiger partial charge is 0.411 e. The van der Waals surface area contributed by atoms with Crippen molar-refractivity contribution in [2.45, 2.75) is 51.7 Å². The Bertz CT molecular complexity index is 400. The summed E-state index contributed by atoms with van der Waals surface area (Å²) in [7, 11) is 0. The summed E-state index contributed by atoms with van der Waals surface area (Å²) in [4.78, 5) is 35.1. The Morgan fingerprint density at radius 1 is 1.20 bits per heavy atom. The van der Waals surface area contributed by atoms with Gasteiger partial charge in [-0.2, -0.15) is 0 Å². The number of aliphatic carboxylic acids is 2. The second-order valence-corrected chi connectivity index (χ2v) is 6.03. The van der Waals surface area contributed by atoms with E-state index in [1.807, 2.05) is 0 Å². The topological polar surface area (TPSA) is 104 Å². The third kappa shape index (κ3) is 4.71. The van der Waals surface area contributed by atoms with Gasteiger partial charge in [-0.1, -0.05) is 0 Å². The van der Waals surface area contributed by atoms with Crippen molar-refractivity contribution in [3.8, 4) is 0 Å². The molecule has 0 spiro atoms. The zero-order valence-electron chi connectivity index (χ0n) is 12.0. The summed E-state index contributed by atoms with van der Waals surface area (Å²) < 4.78 is 5.19. The number of hydrogen-bond acceptors (Lipinski definition) is 4. The van der Waals surface area contributed by atoms with Crippen molar-refractivity contribution in [3.05, 3.63) is 0 Å². The van der Waals surface area contributed by atoms with Crippen LogP contribution in [0.4, 0.5) is 4.79 Å². The summed E-state index contributed by atoms with van der Waals surface area (Å²) in [6, 6.07) is -0.949. The van der Waals surface area contributed by atoms with Gasteiger partial charge in [0.25, 0.3) is 0 Å². The monoisotopic (exact) mass is 287 g/mol. The summed E-state index contributed by atoms with van der Waals surface area (Å²) in [6.07, 6.45) is -0.0687. The molecule has 0 saturated carbocycles. The molecule has 7 heteroatoms. The second-order valence-electron chi connectivity index (χ2n) is 6.03. The molecule has 0 aromatic carbocycles. The Hall–Kier alpha value is -1.79. The first-order valence-electron chi connectivity index (χ1n) is 6.54. The molecule has 2 N–H and O–H groups in total. The number of amides is 1. The predicted octanol–water partition coefficient (Wildman–Crippen LogP) is 1.56. The maximum Gasteiger partial charge on any atom is 0.411 e. The van der Waals surface area contributed by atoms with E-state index in [9.17, 15) is 14.4 Å². The van der Waals surface area contributed by atoms with Crippen molar-refractivity contribution in [2.24, 2.45) is 5.92 Å². The first-order chi connectivity index (χ1) is 9.10. The van der Waals surface area contributed by atoms with Crippen LogP contribution in [0.15, 0.2) is 0 Å². The van der Waals surface area contributed by atoms with Crippen molar-refractivity contribution < 1.29 is 29.3 Å². The summed E-state index contributed by atoms with van der Waals surface area (Å²) in [5.41, 5.74) is -0.722. The van der Waals surface area contributed by atoms with Crippen LogP contribution in [0.25, 0.3) is 0 Å². The van der Waals surface area contributed by atoms with Gasteiger partial charge in [0.15, 0.2) is 0 Å². The lowest BCUT2D eigenvalue weighted by molar-refractivity contribution is -0.145. The van der Waals surface area contributed by atoms with E-state index in [-0.39, 0.29) is 25.3 Å². The highest BCUT2D eigenvalue weighted by Gasteiger charge is 2.38. The van der Waals surface area contributed by atoms with E-state index in [0.29, 0.717) is 6.42 Å². The van der Waals surface area contributed by atoms with Crippen LogP contribution in [-0.2, 0) is 14.3 Å². The molecule has 0 aliphatic carbocycles. The number of carboxylic acids is 2. The zero-order valence-corrected chi connectivity index (χ0v) is 12.0. The van der Waals surface area contributed by atoms with Gasteiger partial charge in [0, 0.05) is 13.0 Å². The zero-order chi connectivity index (χ0) is 15.5. The minimum absolute atomic E-state index is 0.0777. The number of hydrogen-bond donors (Lipinski definition) is 2. The van der Waals surface area contributed by atoms with Crippen LogP contribution in [-0.4, -0.2) is 51.3 Å². The molecular weight excluding hydrogens is 266 g/mol. The second kappa shape index (κ2) is 6.11. The number of ether oxygens (including phenoxy) is 1. The molecule has 0 aromatic heterocycles. The van der Waals surface area contributed by atoms with Crippen LogP contribution < -0.4 is 0 Å². The normalized spacial score (nSPS) is 23.2. The lowest BCUT2D eigenvalue weighted by Gasteiger charge is -2.37. The molecule has 1 aliphatic rings. The molecule has 0 unspecified atom stereocenters. The van der Waals surface area contributed by atoms with Gasteiger partial charge in [0.05, 0.1) is 0 Å². The van der Waals surface area contributed by atoms with Gasteiger partial charge in [-0.15, -0.1) is 0 Å². The summed E-state index contributed by atoms with van der Waals surface area (Å²) in [5, 5.41) is 18.0. The fourth-order valence-electron chi connectivity index (χ4n) is 2.24. The third-order valence-corrected chi connectivity index (χ3v) is 3.06. The van der Waals surface area contributed by atoms with E-state index < -0.39 is 29.7 Å². The summed E-state index contributed by atoms with van der Waals surface area (Å²) in [5.74, 6) is -2.28. The van der Waals surface area contributed by atoms with Crippen LogP contribution in [0.5, 0.6) is 0 Å². The van der Waals surface area contributed by atoms with E-state index in [0.717, 1.165) is 4.90 Å². The van der Waals surface area contributed by atoms with Gasteiger partial charge in [0.2, 0.25) is 0 Å². The van der Waals surface area contributed by atoms with Crippen LogP contribution in [0.1, 0.15) is 40.0 Å². The molecule has 1 amide bonds. The number of carboxylic acid groups (broad SMARTS) is 2. The number of likely N-dealkylation sites (tertiary alicyclic amines) is 1. The first-order valence-corrected chi connectivity index (χ1v) is 6.54. The number of nitrogens with zero attached hydrogens (tertiary/aromatic N) is 1. The molecular formula is C13H21NO6. The minimum atomic E-state index is -1.09. The van der Waals surface area contributed by atoms with Crippen LogP contribution in [0, 0.1) is 5.92 Å². The summed E-state index contributed by atoms with van der Waals surface area (Å²) in [6.45, 7) is 5.18. The third-order valence-electron chi connectivity index (χ3n) is 3.06. The van der Waals surface area contributed by atoms with Crippen molar-refractivity contribution in [1.29, 1.82) is 0 Å². The summed E-state index contributed by atoms with van der Waals surface area (Å²) >= 11 is 0. The van der Waals surface area contributed by atoms with Crippen molar-refractivity contribution in [2.75, 3.05) is 6.54 Å². The molecule has 7 nitrogen and oxygen atoms in total. The Labute approximate surface area is 117 Å². The fourth-order valence-corrected chi connectivity index (χ4v) is 2.24. The van der Waals surface area contributed by atoms with Crippen LogP contribution in [0.2, 0.25) is 0 Å². The molecule has 1 saturated heterocycles. The fraction of sp³-hybridized carbons (Fsp3) is 0.769. The van der Waals surface area contributed by atoms with Crippen molar-refractivity contribution >= 4 is 18.0 Å². The molecule has 114 valence electrons. The molecule has 2 atom stereocenters. The maximum absolute atomic E-state index is 12.1. The minimum Gasteiger partial charge on any atom is -0.481 e. The molecule has 1 rings (SSSR count). The predicted molar refractivity (Wildman–Crippen MR) is 69.3 cm³/mol. The van der Waals surface area contributed by atoms with Gasteiger partial charge in [-0.25, -0.2) is 9.59 Å². The SMILES string of the molecule is CC(C)(C)OC(=O)N1C[C@H](CC(=O)O)CC[C@H]1C(=O)O. The van der Waals surface area contributed by atoms with Gasteiger partial charge in [-0.3, -0.25) is 9.69 Å². The van der Waals surface area contributed by atoms with Crippen molar-refractivity contribution in [3.63, 3.8) is 0 Å². The highest BCUT2D eigenvalue weighted by atomic mass is 16.6. The average molecular weight is 287 g/mol. The lowest BCUT2D eigenvalue weighted by atomic mass is 9.90. The quantitative estimate of drug-likeness (QED) is 0.816. The average Bonchev–Trinajstić information content (AvgIpc) is 2.25. The number of carbonyl (C=O) groups excluding carboxylic acids is 1. The van der Waals surface area contributed by atoms with Crippen LogP contribution >= 0.6 is 0 Å². The van der Waals surface area contributed by atoms with E-state index in [1.54, 1.807) is 20.8 Å². The molecule has 1 aliphatic heterocycles. The molecule has 20 heavy (non-hydrogen) atoms. The molecule has 0 radical (unpaired) electrons. The highest BCUT2D eigenvalue weighted by Crippen LogP contribution is 2.26. The number of piperidine rings is 1. The van der Waals surface area contributed by atoms with Gasteiger partial charge in [0.1, 0.15) is 11.6 Å². The Morgan fingerprint density at radius 2 is 1.80 bits per heavy atom. The van der Waals surface area contributed by atoms with E-state index in [2.05, 4.69) is 0 Å². The van der Waals surface area contributed by atoms with Crippen LogP contribution in [0.3, 0.4) is 0 Å². The van der Waals surface area contributed by atoms with Gasteiger partial charge in [-0.05, 0) is 39.5 Å². The van der Waals surface area contributed by atoms with Gasteiger partial charge < -0.3 is 14.9 Å². The number of carbonyl (C=O) groups is 3. The Kier molecular flexibility index (Phi) is 4.97. The highest BCUT2D eigenvalue weighted by molar-refractivity contribution is 5.80. The Morgan fingerprint density at radius 3 is 2.25 bits per heavy atom. The molecule has 0 bridgehead atoms. The lowest BCUT2D eigenvalue weighted by Crippen LogP contribution is -2.52. The largest absolute Gasteiger partial charge is 0.481 e. The van der Waals surface area contributed by atoms with E-state index in [1.165, 1.54) is 0 Å². The number of rotatable bonds is 3. The van der Waals surface area contributed by atoms with Crippen molar-refractivity contribution in [1.82, 2.24) is 4.90 Å². The molecule has 0 aromatic rings. The maximum atomic E-state index is 12.1. The standard InChI is InChI=1S/C13H21NO6/c1-13(2,3)20-12(19)14-7-8(6-10(15)16)4-5-9(14)11(17)18/h8-9H,4-7H2,1-3H3,(H,15,16)(H,17,18)/t8-,9-/m0/s1. The van der Waals surface area contributed by atoms with E-state index in [4.69, 9.17) is 14.9 Å². The first kappa shape index (κ1) is 16.3. The van der Waals surface area contributed by atoms with Gasteiger partial charge >= 0.3 is 18.0 Å². The Balaban J connectivity index is 2.80.